The Hall–Kier alpha value is -1.13. The van der Waals surface area contributed by atoms with E-state index in [1.165, 1.54) is 5.57 Å². The topological polar surface area (TPSA) is 37.4 Å². The minimum Gasteiger partial charge on any atom is -0.207 e. The number of allylic oxidation sites excluding steroid dienone is 1. The van der Waals surface area contributed by atoms with Gasteiger partial charge in [0.25, 0.3) is 0 Å². The molecule has 19 heavy (non-hydrogen) atoms. The fourth-order valence-corrected chi connectivity index (χ4v) is 3.95. The minimum absolute atomic E-state index is 0.352. The van der Waals surface area contributed by atoms with E-state index in [0.717, 1.165) is 12.0 Å². The van der Waals surface area contributed by atoms with Crippen molar-refractivity contribution in [3.05, 3.63) is 41.5 Å². The van der Waals surface area contributed by atoms with Crippen LogP contribution in [0.1, 0.15) is 25.8 Å². The molecule has 1 aliphatic heterocycles. The molecule has 0 saturated carbocycles. The summed E-state index contributed by atoms with van der Waals surface area (Å²) in [6.07, 6.45) is 3.08. The summed E-state index contributed by atoms with van der Waals surface area (Å²) < 4.78 is 26.6. The summed E-state index contributed by atoms with van der Waals surface area (Å²) in [5, 5.41) is 0. The van der Waals surface area contributed by atoms with Crippen LogP contribution in [0.2, 0.25) is 0 Å². The van der Waals surface area contributed by atoms with Crippen LogP contribution in [0.15, 0.2) is 40.8 Å². The first kappa shape index (κ1) is 14.3. The third kappa shape index (κ3) is 3.25. The van der Waals surface area contributed by atoms with Crippen LogP contribution in [0.25, 0.3) is 0 Å². The lowest BCUT2D eigenvalue weighted by molar-refractivity contribution is 0.470. The quantitative estimate of drug-likeness (QED) is 0.798. The van der Waals surface area contributed by atoms with Gasteiger partial charge < -0.3 is 0 Å². The van der Waals surface area contributed by atoms with Crippen molar-refractivity contribution < 1.29 is 8.42 Å². The Morgan fingerprint density at radius 1 is 1.26 bits per heavy atom. The highest BCUT2D eigenvalue weighted by molar-refractivity contribution is 7.89. The van der Waals surface area contributed by atoms with Crippen molar-refractivity contribution in [3.63, 3.8) is 0 Å². The van der Waals surface area contributed by atoms with E-state index in [1.807, 2.05) is 19.1 Å². The number of hydrogen-bond donors (Lipinski definition) is 0. The van der Waals surface area contributed by atoms with Gasteiger partial charge in [-0.1, -0.05) is 29.3 Å². The summed E-state index contributed by atoms with van der Waals surface area (Å²) >= 11 is 0. The van der Waals surface area contributed by atoms with Crippen molar-refractivity contribution in [1.29, 1.82) is 0 Å². The first-order valence-electron chi connectivity index (χ1n) is 6.61. The predicted molar refractivity (Wildman–Crippen MR) is 77.5 cm³/mol. The lowest BCUT2D eigenvalue weighted by atomic mass is 10.1. The summed E-state index contributed by atoms with van der Waals surface area (Å²) in [5.74, 6) is 0.352. The van der Waals surface area contributed by atoms with Crippen LogP contribution < -0.4 is 0 Å². The van der Waals surface area contributed by atoms with Crippen molar-refractivity contribution in [2.45, 2.75) is 32.1 Å². The van der Waals surface area contributed by atoms with E-state index in [4.69, 9.17) is 0 Å². The smallest absolute Gasteiger partial charge is 0.207 e. The summed E-state index contributed by atoms with van der Waals surface area (Å²) in [7, 11) is -3.32. The number of hydrogen-bond acceptors (Lipinski definition) is 2. The molecule has 0 spiro atoms. The zero-order valence-electron chi connectivity index (χ0n) is 11.8. The number of benzene rings is 1. The molecule has 1 heterocycles. The summed E-state index contributed by atoms with van der Waals surface area (Å²) in [6.45, 7) is 7.28. The van der Waals surface area contributed by atoms with Gasteiger partial charge in [0.1, 0.15) is 0 Å². The maximum atomic E-state index is 12.5. The van der Waals surface area contributed by atoms with Gasteiger partial charge in [-0.05, 0) is 45.2 Å². The molecule has 1 aromatic rings. The van der Waals surface area contributed by atoms with Crippen molar-refractivity contribution in [1.82, 2.24) is 4.31 Å². The predicted octanol–water partition coefficient (Wildman–Crippen LogP) is 2.97. The molecule has 0 amide bonds. The summed E-state index contributed by atoms with van der Waals surface area (Å²) in [6, 6.07) is 7.07. The lowest BCUT2D eigenvalue weighted by Gasteiger charge is -2.16. The largest absolute Gasteiger partial charge is 0.243 e. The van der Waals surface area contributed by atoms with Crippen LogP contribution in [0, 0.1) is 12.8 Å². The standard InChI is InChI=1S/C15H21NO2S/c1-12(2)10-14-8-9-16(11-14)19(17,18)15-6-4-13(3)5-7-15/h4-7,10,14H,8-9,11H2,1-3H3. The van der Waals surface area contributed by atoms with Crippen LogP contribution in [-0.2, 0) is 10.0 Å². The molecular weight excluding hydrogens is 258 g/mol. The van der Waals surface area contributed by atoms with Crippen molar-refractivity contribution >= 4 is 10.0 Å². The first-order valence-corrected chi connectivity index (χ1v) is 8.05. The zero-order valence-corrected chi connectivity index (χ0v) is 12.6. The van der Waals surface area contributed by atoms with Gasteiger partial charge in [-0.25, -0.2) is 8.42 Å². The van der Waals surface area contributed by atoms with Crippen molar-refractivity contribution in [2.75, 3.05) is 13.1 Å². The third-order valence-corrected chi connectivity index (χ3v) is 5.29. The fourth-order valence-electron chi connectivity index (χ4n) is 2.44. The zero-order chi connectivity index (χ0) is 14.0. The van der Waals surface area contributed by atoms with Gasteiger partial charge in [0.05, 0.1) is 4.90 Å². The molecule has 1 saturated heterocycles. The highest BCUT2D eigenvalue weighted by Gasteiger charge is 2.31. The Balaban J connectivity index is 2.18. The summed E-state index contributed by atoms with van der Waals surface area (Å²) in [4.78, 5) is 0.399. The monoisotopic (exact) mass is 279 g/mol. The van der Waals surface area contributed by atoms with Crippen LogP contribution in [0.5, 0.6) is 0 Å². The van der Waals surface area contributed by atoms with Crippen LogP contribution in [0.3, 0.4) is 0 Å². The second-order valence-electron chi connectivity index (χ2n) is 5.47. The van der Waals surface area contributed by atoms with Crippen LogP contribution in [0.4, 0.5) is 0 Å². The summed E-state index contributed by atoms with van der Waals surface area (Å²) in [5.41, 5.74) is 2.32. The van der Waals surface area contributed by atoms with E-state index in [2.05, 4.69) is 19.9 Å². The fraction of sp³-hybridized carbons (Fsp3) is 0.467. The Morgan fingerprint density at radius 3 is 2.47 bits per heavy atom. The molecule has 0 aliphatic carbocycles. The molecule has 1 unspecified atom stereocenters. The van der Waals surface area contributed by atoms with Gasteiger partial charge in [0, 0.05) is 13.1 Å². The SMILES string of the molecule is CC(C)=CC1CCN(S(=O)(=O)c2ccc(C)cc2)C1. The average Bonchev–Trinajstić information content (AvgIpc) is 2.78. The molecule has 3 nitrogen and oxygen atoms in total. The highest BCUT2D eigenvalue weighted by atomic mass is 32.2. The van der Waals surface area contributed by atoms with Crippen LogP contribution in [-0.4, -0.2) is 25.8 Å². The molecule has 0 bridgehead atoms. The van der Waals surface area contributed by atoms with Crippen molar-refractivity contribution in [3.8, 4) is 0 Å². The maximum absolute atomic E-state index is 12.5. The van der Waals surface area contributed by atoms with E-state index >= 15 is 0 Å². The van der Waals surface area contributed by atoms with E-state index in [1.54, 1.807) is 16.4 Å². The third-order valence-electron chi connectivity index (χ3n) is 3.42. The van der Waals surface area contributed by atoms with Crippen molar-refractivity contribution in [2.24, 2.45) is 5.92 Å². The van der Waals surface area contributed by atoms with Gasteiger partial charge in [0.15, 0.2) is 0 Å². The Morgan fingerprint density at radius 2 is 1.89 bits per heavy atom. The molecule has 1 aliphatic rings. The highest BCUT2D eigenvalue weighted by Crippen LogP contribution is 2.25. The molecule has 104 valence electrons. The van der Waals surface area contributed by atoms with E-state index in [9.17, 15) is 8.42 Å². The van der Waals surface area contributed by atoms with Crippen LogP contribution >= 0.6 is 0 Å². The molecule has 2 rings (SSSR count). The Labute approximate surface area is 116 Å². The minimum atomic E-state index is -3.32. The molecule has 1 atom stereocenters. The molecule has 4 heteroatoms. The number of sulfonamides is 1. The number of aryl methyl sites for hydroxylation is 1. The van der Waals surface area contributed by atoms with E-state index in [0.29, 0.717) is 23.9 Å². The van der Waals surface area contributed by atoms with Gasteiger partial charge in [0.2, 0.25) is 10.0 Å². The second-order valence-corrected chi connectivity index (χ2v) is 7.41. The maximum Gasteiger partial charge on any atom is 0.243 e. The van der Waals surface area contributed by atoms with E-state index in [-0.39, 0.29) is 0 Å². The number of nitrogens with zero attached hydrogens (tertiary/aromatic N) is 1. The number of rotatable bonds is 3. The molecule has 0 radical (unpaired) electrons. The Bertz CT molecular complexity index is 569. The van der Waals surface area contributed by atoms with Gasteiger partial charge in [-0.2, -0.15) is 4.31 Å². The lowest BCUT2D eigenvalue weighted by Crippen LogP contribution is -2.28. The van der Waals surface area contributed by atoms with Gasteiger partial charge in [-0.15, -0.1) is 0 Å². The van der Waals surface area contributed by atoms with Gasteiger partial charge in [-0.3, -0.25) is 0 Å². The second kappa shape index (κ2) is 5.47. The molecule has 0 N–H and O–H groups in total. The molecular formula is C15H21NO2S. The molecule has 0 aromatic heterocycles. The van der Waals surface area contributed by atoms with E-state index < -0.39 is 10.0 Å². The normalized spacial score (nSPS) is 20.5. The van der Waals surface area contributed by atoms with Gasteiger partial charge >= 0.3 is 0 Å². The average molecular weight is 279 g/mol. The first-order chi connectivity index (χ1) is 8.89. The molecule has 1 aromatic carbocycles. The Kier molecular flexibility index (Phi) is 4.11. The molecule has 1 fully saturated rings.